The van der Waals surface area contributed by atoms with E-state index in [1.807, 2.05) is 0 Å². The summed E-state index contributed by atoms with van der Waals surface area (Å²) in [6, 6.07) is 12.1. The van der Waals surface area contributed by atoms with Crippen LogP contribution < -0.4 is 10.1 Å². The number of alkyl halides is 3. The fourth-order valence-electron chi connectivity index (χ4n) is 5.46. The topological polar surface area (TPSA) is 144 Å². The van der Waals surface area contributed by atoms with Crippen LogP contribution in [0.2, 0.25) is 0 Å². The number of aliphatic hydroxyl groups is 1. The normalized spacial score (nSPS) is 22.6. The minimum atomic E-state index is -4.80. The monoisotopic (exact) mass is 570 g/mol. The highest BCUT2D eigenvalue weighted by molar-refractivity contribution is 5.71. The van der Waals surface area contributed by atoms with E-state index in [0.29, 0.717) is 29.7 Å². The van der Waals surface area contributed by atoms with Gasteiger partial charge in [-0.05, 0) is 25.3 Å². The summed E-state index contributed by atoms with van der Waals surface area (Å²) in [5, 5.41) is 31.2. The molecule has 3 heterocycles. The molecule has 2 aromatic carbocycles. The van der Waals surface area contributed by atoms with Gasteiger partial charge in [-0.1, -0.05) is 59.2 Å². The molecule has 3 N–H and O–H groups in total. The molecule has 0 unspecified atom stereocenters. The summed E-state index contributed by atoms with van der Waals surface area (Å²) in [5.41, 5.74) is -0.391. The third-order valence-corrected chi connectivity index (χ3v) is 7.51. The Bertz CT molecular complexity index is 1550. The lowest BCUT2D eigenvalue weighted by molar-refractivity contribution is -0.143. The number of benzene rings is 2. The fraction of sp³-hybridized carbons (Fsp3) is 0.357. The van der Waals surface area contributed by atoms with Gasteiger partial charge >= 0.3 is 12.1 Å². The lowest BCUT2D eigenvalue weighted by Crippen LogP contribution is -2.49. The molecule has 6 rings (SSSR count). The van der Waals surface area contributed by atoms with Crippen LogP contribution in [0.1, 0.15) is 42.9 Å². The molecule has 0 amide bonds. The molecule has 41 heavy (non-hydrogen) atoms. The Morgan fingerprint density at radius 2 is 1.83 bits per heavy atom. The van der Waals surface area contributed by atoms with Crippen molar-refractivity contribution in [1.29, 1.82) is 0 Å². The number of aliphatic hydroxyl groups excluding tert-OH is 1. The number of nitrogens with zero attached hydrogens (tertiary/aromatic N) is 3. The second kappa shape index (κ2) is 10.6. The SMILES string of the molecule is O=C(O)[C@@H]1CCC[C@H](N[C@@H]2COc3cc(-c4noc(-c5onc(-c6ccccc6)c5C(F)(F)F)n4)ccc3[C@@H]2O)C1. The summed E-state index contributed by atoms with van der Waals surface area (Å²) in [4.78, 5) is 15.5. The van der Waals surface area contributed by atoms with Gasteiger partial charge in [0.25, 0.3) is 5.89 Å². The number of carboxylic acids is 1. The molecule has 0 saturated heterocycles. The van der Waals surface area contributed by atoms with Gasteiger partial charge < -0.3 is 29.3 Å². The lowest BCUT2D eigenvalue weighted by Gasteiger charge is -2.36. The molecule has 13 heteroatoms. The molecule has 10 nitrogen and oxygen atoms in total. The van der Waals surface area contributed by atoms with Gasteiger partial charge in [0.15, 0.2) is 0 Å². The second-order valence-corrected chi connectivity index (χ2v) is 10.2. The maximum atomic E-state index is 14.0. The minimum absolute atomic E-state index is 0.00570. The van der Waals surface area contributed by atoms with E-state index in [1.54, 1.807) is 36.4 Å². The molecule has 4 aromatic rings. The Morgan fingerprint density at radius 3 is 2.59 bits per heavy atom. The van der Waals surface area contributed by atoms with Crippen LogP contribution in [0.3, 0.4) is 0 Å². The zero-order chi connectivity index (χ0) is 28.7. The molecule has 214 valence electrons. The van der Waals surface area contributed by atoms with E-state index in [-0.39, 0.29) is 29.7 Å². The van der Waals surface area contributed by atoms with Crippen molar-refractivity contribution in [3.8, 4) is 40.0 Å². The van der Waals surface area contributed by atoms with Crippen LogP contribution in [0, 0.1) is 5.92 Å². The highest BCUT2D eigenvalue weighted by Gasteiger charge is 2.43. The smallest absolute Gasteiger partial charge is 0.422 e. The molecule has 0 bridgehead atoms. The number of carbonyl (C=O) groups is 1. The van der Waals surface area contributed by atoms with E-state index in [1.165, 1.54) is 12.1 Å². The van der Waals surface area contributed by atoms with Crippen molar-refractivity contribution in [1.82, 2.24) is 20.6 Å². The zero-order valence-electron chi connectivity index (χ0n) is 21.5. The predicted octanol–water partition coefficient (Wildman–Crippen LogP) is 5.10. The van der Waals surface area contributed by atoms with E-state index >= 15 is 0 Å². The van der Waals surface area contributed by atoms with E-state index in [4.69, 9.17) is 13.8 Å². The van der Waals surface area contributed by atoms with Crippen molar-refractivity contribution in [2.24, 2.45) is 5.92 Å². The molecule has 1 fully saturated rings. The summed E-state index contributed by atoms with van der Waals surface area (Å²) in [6.07, 6.45) is -2.99. The van der Waals surface area contributed by atoms with Gasteiger partial charge in [-0.25, -0.2) is 0 Å². The van der Waals surface area contributed by atoms with Gasteiger partial charge in [-0.2, -0.15) is 18.2 Å². The Kier molecular flexibility index (Phi) is 6.99. The fourth-order valence-corrected chi connectivity index (χ4v) is 5.46. The molecular weight excluding hydrogens is 545 g/mol. The van der Waals surface area contributed by atoms with Crippen LogP contribution in [-0.2, 0) is 11.0 Å². The second-order valence-electron chi connectivity index (χ2n) is 10.2. The lowest BCUT2D eigenvalue weighted by atomic mass is 9.85. The molecule has 1 saturated carbocycles. The summed E-state index contributed by atoms with van der Waals surface area (Å²) in [6.45, 7) is 0.138. The maximum Gasteiger partial charge on any atom is 0.422 e. The highest BCUT2D eigenvalue weighted by Crippen LogP contribution is 2.43. The van der Waals surface area contributed by atoms with Crippen LogP contribution in [0.25, 0.3) is 34.3 Å². The van der Waals surface area contributed by atoms with Gasteiger partial charge in [-0.3, -0.25) is 4.79 Å². The van der Waals surface area contributed by atoms with E-state index in [0.717, 1.165) is 12.8 Å². The number of fused-ring (bicyclic) bond motifs is 1. The van der Waals surface area contributed by atoms with Crippen molar-refractivity contribution < 1.29 is 42.0 Å². The number of ether oxygens (including phenoxy) is 1. The third-order valence-electron chi connectivity index (χ3n) is 7.51. The number of halogens is 3. The molecule has 0 radical (unpaired) electrons. The standard InChI is InChI=1S/C28H25F3N4O6/c29-28(30,31)21-22(14-5-2-1-3-6-14)34-40-24(21)26-33-25(35-41-26)15-9-10-18-20(12-15)39-13-19(23(18)36)32-17-8-4-7-16(11-17)27(37)38/h1-3,5-6,9-10,12,16-17,19,23,32,36H,4,7-8,11,13H2,(H,37,38)/t16-,17+,19-,23+/m1/s1. The number of rotatable bonds is 6. The van der Waals surface area contributed by atoms with Crippen molar-refractivity contribution in [2.75, 3.05) is 6.61 Å². The van der Waals surface area contributed by atoms with E-state index in [2.05, 4.69) is 20.6 Å². The largest absolute Gasteiger partial charge is 0.491 e. The number of aliphatic carboxylic acids is 1. The van der Waals surface area contributed by atoms with Crippen LogP contribution in [0.5, 0.6) is 5.75 Å². The average Bonchev–Trinajstić information content (AvgIpc) is 3.63. The van der Waals surface area contributed by atoms with Crippen LogP contribution in [0.4, 0.5) is 13.2 Å². The van der Waals surface area contributed by atoms with Crippen molar-refractivity contribution in [3.63, 3.8) is 0 Å². The molecule has 1 aliphatic carbocycles. The summed E-state index contributed by atoms with van der Waals surface area (Å²) in [7, 11) is 0. The number of carboxylic acid groups (broad SMARTS) is 1. The van der Waals surface area contributed by atoms with Gasteiger partial charge in [0.2, 0.25) is 11.6 Å². The van der Waals surface area contributed by atoms with Gasteiger partial charge in [-0.15, -0.1) is 0 Å². The summed E-state index contributed by atoms with van der Waals surface area (Å²) >= 11 is 0. The summed E-state index contributed by atoms with van der Waals surface area (Å²) in [5.74, 6) is -2.04. The van der Waals surface area contributed by atoms with E-state index in [9.17, 15) is 28.2 Å². The number of aromatic nitrogens is 3. The first-order valence-corrected chi connectivity index (χ1v) is 13.1. The van der Waals surface area contributed by atoms with E-state index < -0.39 is 47.4 Å². The predicted molar refractivity (Wildman–Crippen MR) is 136 cm³/mol. The van der Waals surface area contributed by atoms with Crippen LogP contribution in [-0.4, -0.2) is 50.2 Å². The Balaban J connectivity index is 1.22. The molecule has 2 aliphatic rings. The summed E-state index contributed by atoms with van der Waals surface area (Å²) < 4.78 is 58.2. The molecule has 4 atom stereocenters. The van der Waals surface area contributed by atoms with Crippen molar-refractivity contribution in [2.45, 2.75) is 50.0 Å². The Morgan fingerprint density at radius 1 is 1.02 bits per heavy atom. The molecule has 0 spiro atoms. The molecule has 2 aromatic heterocycles. The third kappa shape index (κ3) is 5.30. The Labute approximate surface area is 231 Å². The maximum absolute atomic E-state index is 14.0. The Hall–Kier alpha value is -4.23. The molecule has 1 aliphatic heterocycles. The first-order valence-electron chi connectivity index (χ1n) is 13.1. The number of hydrogen-bond acceptors (Lipinski definition) is 9. The number of hydrogen-bond donors (Lipinski definition) is 3. The van der Waals surface area contributed by atoms with Gasteiger partial charge in [0, 0.05) is 22.7 Å². The molecular formula is C28H25F3N4O6. The quantitative estimate of drug-likeness (QED) is 0.286. The first-order chi connectivity index (χ1) is 19.7. The minimum Gasteiger partial charge on any atom is -0.491 e. The first kappa shape index (κ1) is 27.0. The van der Waals surface area contributed by atoms with Crippen molar-refractivity contribution in [3.05, 3.63) is 59.7 Å². The number of nitrogens with one attached hydrogen (secondary N) is 1. The van der Waals surface area contributed by atoms with Gasteiger partial charge in [0.05, 0.1) is 12.0 Å². The zero-order valence-corrected chi connectivity index (χ0v) is 21.5. The highest BCUT2D eigenvalue weighted by atomic mass is 19.4. The van der Waals surface area contributed by atoms with Crippen molar-refractivity contribution >= 4 is 5.97 Å². The van der Waals surface area contributed by atoms with Crippen LogP contribution in [0.15, 0.2) is 57.6 Å². The van der Waals surface area contributed by atoms with Gasteiger partial charge in [0.1, 0.15) is 29.7 Å². The average molecular weight is 571 g/mol. The van der Waals surface area contributed by atoms with Crippen LogP contribution >= 0.6 is 0 Å².